The molecule has 0 spiro atoms. The second-order valence-corrected chi connectivity index (χ2v) is 4.27. The van der Waals surface area contributed by atoms with Crippen molar-refractivity contribution in [3.63, 3.8) is 0 Å². The van der Waals surface area contributed by atoms with Gasteiger partial charge in [0.1, 0.15) is 11.9 Å². The lowest BCUT2D eigenvalue weighted by molar-refractivity contribution is -0.133. The first-order chi connectivity index (χ1) is 8.08. The lowest BCUT2D eigenvalue weighted by atomic mass is 10.2. The van der Waals surface area contributed by atoms with E-state index >= 15 is 0 Å². The molecule has 0 aliphatic heterocycles. The van der Waals surface area contributed by atoms with Gasteiger partial charge in [-0.05, 0) is 12.3 Å². The second kappa shape index (κ2) is 6.24. The van der Waals surface area contributed by atoms with E-state index in [-0.39, 0.29) is 0 Å². The summed E-state index contributed by atoms with van der Waals surface area (Å²) in [6.07, 6.45) is 5.03. The van der Waals surface area contributed by atoms with Crippen molar-refractivity contribution in [2.45, 2.75) is 5.03 Å². The van der Waals surface area contributed by atoms with Gasteiger partial charge in [-0.1, -0.05) is 0 Å². The molecule has 6 heteroatoms. The average molecular weight is 253 g/mol. The minimum atomic E-state index is -0.413. The van der Waals surface area contributed by atoms with Crippen molar-refractivity contribution in [2.75, 3.05) is 27.5 Å². The summed E-state index contributed by atoms with van der Waals surface area (Å²) in [5.74, 6) is -0.413. The van der Waals surface area contributed by atoms with Crippen LogP contribution in [0.15, 0.2) is 23.6 Å². The molecule has 92 valence electrons. The third-order valence-corrected chi connectivity index (χ3v) is 2.56. The lowest BCUT2D eigenvalue weighted by Gasteiger charge is -2.10. The Kier molecular flexibility index (Phi) is 4.96. The molecule has 0 aromatic carbocycles. The van der Waals surface area contributed by atoms with Gasteiger partial charge in [0.2, 0.25) is 0 Å². The number of esters is 1. The Morgan fingerprint density at radius 1 is 1.47 bits per heavy atom. The molecule has 1 aromatic heterocycles. The zero-order valence-electron chi connectivity index (χ0n) is 10.3. The average Bonchev–Trinajstić information content (AvgIpc) is 2.35. The standard InChI is InChI=1S/C11H15N3O2S/c1-14(2)6-8(11(15)16-3)9-5-10(17-4)13-7-12-9/h5-7H,1-4H3. The lowest BCUT2D eigenvalue weighted by Crippen LogP contribution is -2.11. The first-order valence-electron chi connectivity index (χ1n) is 4.91. The van der Waals surface area contributed by atoms with Crippen molar-refractivity contribution < 1.29 is 9.53 Å². The van der Waals surface area contributed by atoms with E-state index in [1.54, 1.807) is 17.2 Å². The Bertz CT molecular complexity index is 432. The van der Waals surface area contributed by atoms with Crippen molar-refractivity contribution in [1.82, 2.24) is 14.9 Å². The van der Waals surface area contributed by atoms with Gasteiger partial charge in [-0.2, -0.15) is 0 Å². The SMILES string of the molecule is COC(=O)C(=CN(C)C)c1cc(SC)ncn1. The van der Waals surface area contributed by atoms with Crippen LogP contribution in [0.25, 0.3) is 5.57 Å². The Balaban J connectivity index is 3.17. The predicted molar refractivity (Wildman–Crippen MR) is 67.5 cm³/mol. The van der Waals surface area contributed by atoms with Gasteiger partial charge in [0, 0.05) is 20.3 Å². The quantitative estimate of drug-likeness (QED) is 0.349. The van der Waals surface area contributed by atoms with E-state index in [0.29, 0.717) is 11.3 Å². The number of methoxy groups -OCH3 is 1. The van der Waals surface area contributed by atoms with Crippen LogP contribution in [0.4, 0.5) is 0 Å². The van der Waals surface area contributed by atoms with Gasteiger partial charge < -0.3 is 9.64 Å². The maximum absolute atomic E-state index is 11.7. The molecule has 0 aliphatic rings. The van der Waals surface area contributed by atoms with Crippen LogP contribution in [0, 0.1) is 0 Å². The molecular formula is C11H15N3O2S. The first-order valence-corrected chi connectivity index (χ1v) is 6.14. The van der Waals surface area contributed by atoms with Crippen LogP contribution in [0.2, 0.25) is 0 Å². The number of ether oxygens (including phenoxy) is 1. The third-order valence-electron chi connectivity index (χ3n) is 1.92. The fourth-order valence-electron chi connectivity index (χ4n) is 1.19. The molecule has 0 amide bonds. The fourth-order valence-corrected chi connectivity index (χ4v) is 1.57. The molecule has 1 heterocycles. The van der Waals surface area contributed by atoms with Crippen LogP contribution in [-0.2, 0) is 9.53 Å². The zero-order chi connectivity index (χ0) is 12.8. The van der Waals surface area contributed by atoms with Gasteiger partial charge in [-0.3, -0.25) is 0 Å². The Hall–Kier alpha value is -1.56. The van der Waals surface area contributed by atoms with Crippen LogP contribution < -0.4 is 0 Å². The number of nitrogens with zero attached hydrogens (tertiary/aromatic N) is 3. The van der Waals surface area contributed by atoms with Gasteiger partial charge in [-0.25, -0.2) is 14.8 Å². The number of rotatable bonds is 4. The molecule has 0 radical (unpaired) electrons. The molecular weight excluding hydrogens is 238 g/mol. The highest BCUT2D eigenvalue weighted by molar-refractivity contribution is 7.98. The highest BCUT2D eigenvalue weighted by Crippen LogP contribution is 2.18. The van der Waals surface area contributed by atoms with Crippen molar-refractivity contribution in [3.05, 3.63) is 24.3 Å². The summed E-state index contributed by atoms with van der Waals surface area (Å²) >= 11 is 1.49. The largest absolute Gasteiger partial charge is 0.465 e. The molecule has 0 atom stereocenters. The highest BCUT2D eigenvalue weighted by atomic mass is 32.2. The summed E-state index contributed by atoms with van der Waals surface area (Å²) in [5, 5.41) is 0.809. The molecule has 5 nitrogen and oxygen atoms in total. The second-order valence-electron chi connectivity index (χ2n) is 3.44. The maximum atomic E-state index is 11.7. The first kappa shape index (κ1) is 13.5. The maximum Gasteiger partial charge on any atom is 0.341 e. The van der Waals surface area contributed by atoms with E-state index in [2.05, 4.69) is 9.97 Å². The molecule has 1 rings (SSSR count). The molecule has 0 N–H and O–H groups in total. The predicted octanol–water partition coefficient (Wildman–Crippen LogP) is 1.27. The molecule has 17 heavy (non-hydrogen) atoms. The summed E-state index contributed by atoms with van der Waals surface area (Å²) in [4.78, 5) is 21.6. The minimum absolute atomic E-state index is 0.412. The Morgan fingerprint density at radius 3 is 2.71 bits per heavy atom. The number of aromatic nitrogens is 2. The molecule has 1 aromatic rings. The summed E-state index contributed by atoms with van der Waals surface area (Å²) < 4.78 is 4.74. The van der Waals surface area contributed by atoms with Crippen molar-refractivity contribution in [2.24, 2.45) is 0 Å². The topological polar surface area (TPSA) is 55.3 Å². The fraction of sp³-hybridized carbons (Fsp3) is 0.364. The highest BCUT2D eigenvalue weighted by Gasteiger charge is 2.15. The van der Waals surface area contributed by atoms with Crippen molar-refractivity contribution in [1.29, 1.82) is 0 Å². The van der Waals surface area contributed by atoms with Gasteiger partial charge >= 0.3 is 5.97 Å². The number of hydrogen-bond donors (Lipinski definition) is 0. The van der Waals surface area contributed by atoms with Gasteiger partial charge in [0.25, 0.3) is 0 Å². The Morgan fingerprint density at radius 2 is 2.18 bits per heavy atom. The van der Waals surface area contributed by atoms with Crippen molar-refractivity contribution in [3.8, 4) is 0 Å². The Labute approximate surface area is 105 Å². The molecule has 0 saturated heterocycles. The van der Waals surface area contributed by atoms with Crippen LogP contribution in [0.1, 0.15) is 5.69 Å². The smallest absolute Gasteiger partial charge is 0.341 e. The van der Waals surface area contributed by atoms with Crippen LogP contribution in [0.3, 0.4) is 0 Å². The van der Waals surface area contributed by atoms with E-state index < -0.39 is 5.97 Å². The van der Waals surface area contributed by atoms with Crippen molar-refractivity contribution >= 4 is 23.3 Å². The number of thioether (sulfide) groups is 1. The van der Waals surface area contributed by atoms with Gasteiger partial charge in [-0.15, -0.1) is 11.8 Å². The molecule has 0 bridgehead atoms. The van der Waals surface area contributed by atoms with Crippen LogP contribution in [0.5, 0.6) is 0 Å². The van der Waals surface area contributed by atoms with Gasteiger partial charge in [0.05, 0.1) is 17.8 Å². The summed E-state index contributed by atoms with van der Waals surface area (Å²) in [6.45, 7) is 0. The minimum Gasteiger partial charge on any atom is -0.465 e. The zero-order valence-corrected chi connectivity index (χ0v) is 11.1. The van der Waals surface area contributed by atoms with E-state index in [9.17, 15) is 4.79 Å². The van der Waals surface area contributed by atoms with Crippen LogP contribution in [-0.4, -0.2) is 48.3 Å². The molecule has 0 fully saturated rings. The van der Waals surface area contributed by atoms with E-state index in [1.807, 2.05) is 20.4 Å². The number of hydrogen-bond acceptors (Lipinski definition) is 6. The van der Waals surface area contributed by atoms with Crippen LogP contribution >= 0.6 is 11.8 Å². The summed E-state index contributed by atoms with van der Waals surface area (Å²) in [7, 11) is 5.02. The normalized spacial score (nSPS) is 11.2. The monoisotopic (exact) mass is 253 g/mol. The van der Waals surface area contributed by atoms with Gasteiger partial charge in [0.15, 0.2) is 0 Å². The van der Waals surface area contributed by atoms with E-state index in [0.717, 1.165) is 5.03 Å². The van der Waals surface area contributed by atoms with E-state index in [4.69, 9.17) is 4.74 Å². The molecule has 0 saturated carbocycles. The third kappa shape index (κ3) is 3.74. The summed E-state index contributed by atoms with van der Waals surface area (Å²) in [5.41, 5.74) is 0.972. The van der Waals surface area contributed by atoms with E-state index in [1.165, 1.54) is 25.2 Å². The number of carbonyl (C=O) groups excluding carboxylic acids is 1. The molecule has 0 aliphatic carbocycles. The number of carbonyl (C=O) groups is 1. The molecule has 0 unspecified atom stereocenters. The summed E-state index contributed by atoms with van der Waals surface area (Å²) in [6, 6.07) is 1.76.